The van der Waals surface area contributed by atoms with Crippen molar-refractivity contribution in [2.45, 2.75) is 39.5 Å². The van der Waals surface area contributed by atoms with Crippen LogP contribution in [0.25, 0.3) is 0 Å². The zero-order valence-corrected chi connectivity index (χ0v) is 14.9. The standard InChI is InChI=1S/C18H23ClN4O/c1-18(2,10-12-4-3-5-14(19)8-12)11-20-17(24)13-6-7-15-16(9-13)22-23-21-15/h3-5,8,13H,6-7,9-11H2,1-2H3,(H,20,24)(H,21,22,23)/t13-/m0/s1. The number of rotatable bonds is 5. The first-order chi connectivity index (χ1) is 11.4. The molecule has 24 heavy (non-hydrogen) atoms. The van der Waals surface area contributed by atoms with Crippen molar-refractivity contribution in [1.29, 1.82) is 0 Å². The van der Waals surface area contributed by atoms with Crippen LogP contribution in [0, 0.1) is 11.3 Å². The third kappa shape index (κ3) is 4.15. The summed E-state index contributed by atoms with van der Waals surface area (Å²) in [5.41, 5.74) is 3.08. The van der Waals surface area contributed by atoms with E-state index in [0.717, 1.165) is 35.7 Å². The van der Waals surface area contributed by atoms with Crippen molar-refractivity contribution in [2.24, 2.45) is 11.3 Å². The summed E-state index contributed by atoms with van der Waals surface area (Å²) in [4.78, 5) is 12.5. The first kappa shape index (κ1) is 17.0. The molecule has 1 aromatic carbocycles. The van der Waals surface area contributed by atoms with Crippen molar-refractivity contribution in [3.8, 4) is 0 Å². The van der Waals surface area contributed by atoms with Crippen LogP contribution in [0.2, 0.25) is 5.02 Å². The summed E-state index contributed by atoms with van der Waals surface area (Å²) in [7, 11) is 0. The van der Waals surface area contributed by atoms with Gasteiger partial charge in [0, 0.05) is 23.9 Å². The second-order valence-electron chi connectivity index (χ2n) is 7.35. The van der Waals surface area contributed by atoms with E-state index in [4.69, 9.17) is 11.6 Å². The minimum absolute atomic E-state index is 0.00966. The topological polar surface area (TPSA) is 70.7 Å². The van der Waals surface area contributed by atoms with Gasteiger partial charge in [0.15, 0.2) is 0 Å². The van der Waals surface area contributed by atoms with E-state index in [1.807, 2.05) is 18.2 Å². The number of H-pyrrole nitrogens is 1. The van der Waals surface area contributed by atoms with Gasteiger partial charge in [-0.3, -0.25) is 4.79 Å². The maximum Gasteiger partial charge on any atom is 0.223 e. The summed E-state index contributed by atoms with van der Waals surface area (Å²) >= 11 is 6.05. The van der Waals surface area contributed by atoms with Gasteiger partial charge in [0.25, 0.3) is 0 Å². The number of aryl methyl sites for hydroxylation is 1. The number of hydrogen-bond donors (Lipinski definition) is 2. The third-order valence-corrected chi connectivity index (χ3v) is 4.79. The highest BCUT2D eigenvalue weighted by atomic mass is 35.5. The Labute approximate surface area is 147 Å². The molecule has 0 fully saturated rings. The number of halogens is 1. The molecule has 2 N–H and O–H groups in total. The summed E-state index contributed by atoms with van der Waals surface area (Å²) in [5.74, 6) is 0.104. The van der Waals surface area contributed by atoms with E-state index >= 15 is 0 Å². The van der Waals surface area contributed by atoms with Crippen molar-refractivity contribution < 1.29 is 4.79 Å². The van der Waals surface area contributed by atoms with Gasteiger partial charge < -0.3 is 5.32 Å². The molecule has 1 aliphatic carbocycles. The number of aromatic nitrogens is 3. The van der Waals surface area contributed by atoms with E-state index in [1.165, 1.54) is 5.56 Å². The molecule has 3 rings (SSSR count). The average Bonchev–Trinajstić information content (AvgIpc) is 2.99. The Morgan fingerprint density at radius 2 is 2.17 bits per heavy atom. The van der Waals surface area contributed by atoms with Crippen LogP contribution >= 0.6 is 11.6 Å². The lowest BCUT2D eigenvalue weighted by Gasteiger charge is -2.27. The molecule has 128 valence electrons. The molecule has 0 bridgehead atoms. The van der Waals surface area contributed by atoms with Gasteiger partial charge in [-0.15, -0.1) is 0 Å². The Hall–Kier alpha value is -1.88. The minimum Gasteiger partial charge on any atom is -0.355 e. The van der Waals surface area contributed by atoms with E-state index in [2.05, 4.69) is 40.6 Å². The quantitative estimate of drug-likeness (QED) is 0.874. The molecule has 6 heteroatoms. The van der Waals surface area contributed by atoms with Gasteiger partial charge >= 0.3 is 0 Å². The molecular formula is C18H23ClN4O. The molecule has 0 saturated carbocycles. The molecule has 0 unspecified atom stereocenters. The predicted octanol–water partition coefficient (Wildman–Crippen LogP) is 2.95. The van der Waals surface area contributed by atoms with Crippen LogP contribution in [0.5, 0.6) is 0 Å². The Morgan fingerprint density at radius 1 is 1.38 bits per heavy atom. The maximum absolute atomic E-state index is 12.5. The highest BCUT2D eigenvalue weighted by Crippen LogP contribution is 2.25. The van der Waals surface area contributed by atoms with Crippen LogP contribution in [0.15, 0.2) is 24.3 Å². The molecule has 0 spiro atoms. The van der Waals surface area contributed by atoms with Crippen LogP contribution in [-0.2, 0) is 24.1 Å². The summed E-state index contributed by atoms with van der Waals surface area (Å²) in [6, 6.07) is 7.89. The van der Waals surface area contributed by atoms with E-state index < -0.39 is 0 Å². The average molecular weight is 347 g/mol. The fourth-order valence-corrected chi connectivity index (χ4v) is 3.45. The first-order valence-electron chi connectivity index (χ1n) is 8.34. The largest absolute Gasteiger partial charge is 0.355 e. The van der Waals surface area contributed by atoms with Gasteiger partial charge in [-0.1, -0.05) is 37.6 Å². The SMILES string of the molecule is CC(C)(CNC(=O)[C@H]1CCc2n[nH]nc2C1)Cc1cccc(Cl)c1. The van der Waals surface area contributed by atoms with Gasteiger partial charge in [-0.2, -0.15) is 15.4 Å². The van der Waals surface area contributed by atoms with E-state index in [9.17, 15) is 4.79 Å². The number of benzene rings is 1. The molecule has 1 amide bonds. The van der Waals surface area contributed by atoms with Crippen molar-refractivity contribution in [2.75, 3.05) is 6.54 Å². The summed E-state index contributed by atoms with van der Waals surface area (Å²) in [6.45, 7) is 4.95. The number of hydrogen-bond acceptors (Lipinski definition) is 3. The van der Waals surface area contributed by atoms with Gasteiger partial charge in [0.05, 0.1) is 11.4 Å². The monoisotopic (exact) mass is 346 g/mol. The Balaban J connectivity index is 1.53. The molecular weight excluding hydrogens is 324 g/mol. The minimum atomic E-state index is -0.0337. The van der Waals surface area contributed by atoms with Gasteiger partial charge in [0.2, 0.25) is 5.91 Å². The van der Waals surface area contributed by atoms with Gasteiger partial charge in [-0.25, -0.2) is 0 Å². The molecule has 0 radical (unpaired) electrons. The lowest BCUT2D eigenvalue weighted by molar-refractivity contribution is -0.125. The number of fused-ring (bicyclic) bond motifs is 1. The lowest BCUT2D eigenvalue weighted by atomic mass is 9.85. The zero-order chi connectivity index (χ0) is 17.2. The Bertz CT molecular complexity index is 725. The van der Waals surface area contributed by atoms with Crippen LogP contribution in [-0.4, -0.2) is 27.9 Å². The van der Waals surface area contributed by atoms with Crippen LogP contribution in [0.1, 0.15) is 37.2 Å². The highest BCUT2D eigenvalue weighted by molar-refractivity contribution is 6.30. The number of aromatic amines is 1. The van der Waals surface area contributed by atoms with E-state index in [0.29, 0.717) is 13.0 Å². The molecule has 1 atom stereocenters. The fourth-order valence-electron chi connectivity index (χ4n) is 3.24. The highest BCUT2D eigenvalue weighted by Gasteiger charge is 2.28. The summed E-state index contributed by atoms with van der Waals surface area (Å²) in [5, 5.41) is 14.8. The van der Waals surface area contributed by atoms with Crippen molar-refractivity contribution in [3.05, 3.63) is 46.2 Å². The number of carbonyl (C=O) groups excluding carboxylic acids is 1. The van der Waals surface area contributed by atoms with Crippen LogP contribution in [0.3, 0.4) is 0 Å². The molecule has 2 aromatic rings. The number of carbonyl (C=O) groups is 1. The smallest absolute Gasteiger partial charge is 0.223 e. The summed E-state index contributed by atoms with van der Waals surface area (Å²) in [6.07, 6.45) is 3.19. The van der Waals surface area contributed by atoms with Gasteiger partial charge in [0.1, 0.15) is 0 Å². The molecule has 1 aromatic heterocycles. The first-order valence-corrected chi connectivity index (χ1v) is 8.71. The van der Waals surface area contributed by atoms with E-state index in [-0.39, 0.29) is 17.2 Å². The molecule has 0 saturated heterocycles. The molecule has 5 nitrogen and oxygen atoms in total. The molecule has 0 aliphatic heterocycles. The Kier molecular flexibility index (Phi) is 4.90. The Morgan fingerprint density at radius 3 is 2.96 bits per heavy atom. The van der Waals surface area contributed by atoms with Crippen molar-refractivity contribution >= 4 is 17.5 Å². The second-order valence-corrected chi connectivity index (χ2v) is 7.78. The van der Waals surface area contributed by atoms with Crippen molar-refractivity contribution in [3.63, 3.8) is 0 Å². The molecule has 1 heterocycles. The lowest BCUT2D eigenvalue weighted by Crippen LogP contribution is -2.40. The molecule has 1 aliphatic rings. The normalized spacial score (nSPS) is 17.4. The third-order valence-electron chi connectivity index (χ3n) is 4.56. The zero-order valence-electron chi connectivity index (χ0n) is 14.1. The fraction of sp³-hybridized carbons (Fsp3) is 0.500. The predicted molar refractivity (Wildman–Crippen MR) is 93.8 cm³/mol. The van der Waals surface area contributed by atoms with Crippen LogP contribution < -0.4 is 5.32 Å². The number of nitrogens with one attached hydrogen (secondary N) is 2. The van der Waals surface area contributed by atoms with Crippen LogP contribution in [0.4, 0.5) is 0 Å². The van der Waals surface area contributed by atoms with Gasteiger partial charge in [-0.05, 0) is 42.4 Å². The number of amides is 1. The number of nitrogens with zero attached hydrogens (tertiary/aromatic N) is 2. The van der Waals surface area contributed by atoms with Crippen molar-refractivity contribution in [1.82, 2.24) is 20.7 Å². The maximum atomic E-state index is 12.5. The second kappa shape index (κ2) is 6.93. The van der Waals surface area contributed by atoms with E-state index in [1.54, 1.807) is 0 Å². The summed E-state index contributed by atoms with van der Waals surface area (Å²) < 4.78 is 0.